The molecule has 0 aromatic carbocycles. The van der Waals surface area contributed by atoms with E-state index in [1.54, 1.807) is 7.11 Å². The van der Waals surface area contributed by atoms with Crippen LogP contribution in [0.25, 0.3) is 0 Å². The second-order valence-electron chi connectivity index (χ2n) is 2.71. The van der Waals surface area contributed by atoms with Gasteiger partial charge in [-0.05, 0) is 0 Å². The standard InChI is InChI=1S/C8H14O3/c1-6-3-4-7(5-9)11-8(6)10-2/h3-4,6-9H,5H2,1-2H3/t6-,7-,8+/m0/s1. The highest BCUT2D eigenvalue weighted by Gasteiger charge is 2.22. The van der Waals surface area contributed by atoms with E-state index in [9.17, 15) is 0 Å². The van der Waals surface area contributed by atoms with E-state index >= 15 is 0 Å². The Morgan fingerprint density at radius 2 is 2.27 bits per heavy atom. The lowest BCUT2D eigenvalue weighted by Crippen LogP contribution is -2.33. The topological polar surface area (TPSA) is 38.7 Å². The molecule has 0 aromatic heterocycles. The molecule has 0 amide bonds. The highest BCUT2D eigenvalue weighted by Crippen LogP contribution is 2.18. The molecule has 1 aliphatic heterocycles. The Labute approximate surface area is 66.6 Å². The van der Waals surface area contributed by atoms with E-state index in [1.165, 1.54) is 0 Å². The van der Waals surface area contributed by atoms with Crippen LogP contribution in [0.1, 0.15) is 6.92 Å². The number of hydrogen-bond acceptors (Lipinski definition) is 3. The molecular formula is C8H14O3. The molecule has 0 fully saturated rings. The molecule has 0 spiro atoms. The van der Waals surface area contributed by atoms with Gasteiger partial charge in [-0.25, -0.2) is 0 Å². The zero-order chi connectivity index (χ0) is 8.27. The summed E-state index contributed by atoms with van der Waals surface area (Å²) in [5.74, 6) is 0.266. The van der Waals surface area contributed by atoms with Crippen molar-refractivity contribution < 1.29 is 14.6 Å². The van der Waals surface area contributed by atoms with Gasteiger partial charge in [-0.3, -0.25) is 0 Å². The molecule has 0 aromatic rings. The Morgan fingerprint density at radius 1 is 1.55 bits per heavy atom. The van der Waals surface area contributed by atoms with Crippen molar-refractivity contribution in [3.8, 4) is 0 Å². The summed E-state index contributed by atoms with van der Waals surface area (Å²) in [5.41, 5.74) is 0. The number of hydrogen-bond donors (Lipinski definition) is 1. The van der Waals surface area contributed by atoms with Gasteiger partial charge in [-0.15, -0.1) is 0 Å². The van der Waals surface area contributed by atoms with Crippen LogP contribution in [0, 0.1) is 5.92 Å². The smallest absolute Gasteiger partial charge is 0.164 e. The van der Waals surface area contributed by atoms with Crippen molar-refractivity contribution in [2.45, 2.75) is 19.3 Å². The maximum absolute atomic E-state index is 8.76. The van der Waals surface area contributed by atoms with Crippen molar-refractivity contribution in [3.63, 3.8) is 0 Å². The maximum Gasteiger partial charge on any atom is 0.164 e. The van der Waals surface area contributed by atoms with E-state index < -0.39 is 0 Å². The fraction of sp³-hybridized carbons (Fsp3) is 0.750. The summed E-state index contributed by atoms with van der Waals surface area (Å²) in [6.07, 6.45) is 3.45. The number of ether oxygens (including phenoxy) is 2. The Morgan fingerprint density at radius 3 is 2.82 bits per heavy atom. The summed E-state index contributed by atoms with van der Waals surface area (Å²) in [6.45, 7) is 2.03. The van der Waals surface area contributed by atoms with Crippen molar-refractivity contribution in [3.05, 3.63) is 12.2 Å². The van der Waals surface area contributed by atoms with Crippen LogP contribution in [0.15, 0.2) is 12.2 Å². The Kier molecular flexibility index (Phi) is 3.05. The lowest BCUT2D eigenvalue weighted by molar-refractivity contribution is -0.175. The number of aliphatic hydroxyl groups is 1. The average Bonchev–Trinajstić information content (AvgIpc) is 2.05. The lowest BCUT2D eigenvalue weighted by Gasteiger charge is -2.28. The predicted octanol–water partition coefficient (Wildman–Crippen LogP) is 0.542. The van der Waals surface area contributed by atoms with Crippen molar-refractivity contribution >= 4 is 0 Å². The second-order valence-corrected chi connectivity index (χ2v) is 2.71. The van der Waals surface area contributed by atoms with Crippen LogP contribution in [0.4, 0.5) is 0 Å². The molecule has 1 rings (SSSR count). The van der Waals surface area contributed by atoms with E-state index in [0.717, 1.165) is 0 Å². The zero-order valence-corrected chi connectivity index (χ0v) is 6.86. The number of rotatable bonds is 2. The molecule has 0 unspecified atom stereocenters. The highest BCUT2D eigenvalue weighted by molar-refractivity contribution is 4.97. The maximum atomic E-state index is 8.76. The molecule has 0 saturated carbocycles. The molecule has 3 heteroatoms. The summed E-state index contributed by atoms with van der Waals surface area (Å²) >= 11 is 0. The fourth-order valence-electron chi connectivity index (χ4n) is 1.11. The molecular weight excluding hydrogens is 144 g/mol. The van der Waals surface area contributed by atoms with Crippen LogP contribution in [0.3, 0.4) is 0 Å². The van der Waals surface area contributed by atoms with Gasteiger partial charge in [0.25, 0.3) is 0 Å². The first kappa shape index (κ1) is 8.71. The predicted molar refractivity (Wildman–Crippen MR) is 41.1 cm³/mol. The Bertz CT molecular complexity index is 144. The normalized spacial score (nSPS) is 37.5. The minimum Gasteiger partial charge on any atom is -0.393 e. The van der Waals surface area contributed by atoms with E-state index in [-0.39, 0.29) is 24.9 Å². The quantitative estimate of drug-likeness (QED) is 0.596. The van der Waals surface area contributed by atoms with E-state index in [4.69, 9.17) is 14.6 Å². The third-order valence-electron chi connectivity index (χ3n) is 1.78. The molecule has 0 radical (unpaired) electrons. The van der Waals surface area contributed by atoms with Crippen LogP contribution >= 0.6 is 0 Å². The van der Waals surface area contributed by atoms with Gasteiger partial charge >= 0.3 is 0 Å². The van der Waals surface area contributed by atoms with Crippen molar-refractivity contribution in [1.29, 1.82) is 0 Å². The van der Waals surface area contributed by atoms with Gasteiger partial charge in [0.15, 0.2) is 6.29 Å². The van der Waals surface area contributed by atoms with Crippen molar-refractivity contribution in [2.24, 2.45) is 5.92 Å². The highest BCUT2D eigenvalue weighted by atomic mass is 16.7. The van der Waals surface area contributed by atoms with E-state index in [0.29, 0.717) is 0 Å². The first-order valence-electron chi connectivity index (χ1n) is 3.75. The van der Waals surface area contributed by atoms with Gasteiger partial charge in [-0.2, -0.15) is 0 Å². The molecule has 11 heavy (non-hydrogen) atoms. The molecule has 3 nitrogen and oxygen atoms in total. The SMILES string of the molecule is CO[C@@H]1O[C@H](CO)C=C[C@@H]1C. The lowest BCUT2D eigenvalue weighted by atomic mass is 10.1. The van der Waals surface area contributed by atoms with Crippen molar-refractivity contribution in [2.75, 3.05) is 13.7 Å². The van der Waals surface area contributed by atoms with Crippen molar-refractivity contribution in [1.82, 2.24) is 0 Å². The van der Waals surface area contributed by atoms with Gasteiger partial charge in [0, 0.05) is 13.0 Å². The fourth-order valence-corrected chi connectivity index (χ4v) is 1.11. The summed E-state index contributed by atoms with van der Waals surface area (Å²) in [5, 5.41) is 8.76. The summed E-state index contributed by atoms with van der Waals surface area (Å²) < 4.78 is 10.4. The molecule has 64 valence electrons. The second kappa shape index (κ2) is 3.85. The van der Waals surface area contributed by atoms with Gasteiger partial charge < -0.3 is 14.6 Å². The third kappa shape index (κ3) is 2.02. The van der Waals surface area contributed by atoms with E-state index in [1.807, 2.05) is 19.1 Å². The molecule has 1 heterocycles. The van der Waals surface area contributed by atoms with Crippen LogP contribution in [-0.4, -0.2) is 31.2 Å². The van der Waals surface area contributed by atoms with E-state index in [2.05, 4.69) is 0 Å². The molecule has 1 N–H and O–H groups in total. The molecule has 0 aliphatic carbocycles. The Hall–Kier alpha value is -0.380. The Balaban J connectivity index is 2.52. The molecule has 3 atom stereocenters. The van der Waals surface area contributed by atoms with Gasteiger partial charge in [0.05, 0.1) is 6.61 Å². The third-order valence-corrected chi connectivity index (χ3v) is 1.78. The van der Waals surface area contributed by atoms with Crippen LogP contribution in [0.2, 0.25) is 0 Å². The first-order valence-corrected chi connectivity index (χ1v) is 3.75. The summed E-state index contributed by atoms with van der Waals surface area (Å²) in [6, 6.07) is 0. The summed E-state index contributed by atoms with van der Waals surface area (Å²) in [4.78, 5) is 0. The van der Waals surface area contributed by atoms with Gasteiger partial charge in [0.2, 0.25) is 0 Å². The minimum absolute atomic E-state index is 0.0169. The monoisotopic (exact) mass is 158 g/mol. The average molecular weight is 158 g/mol. The summed E-state index contributed by atoms with van der Waals surface area (Å²) in [7, 11) is 1.61. The zero-order valence-electron chi connectivity index (χ0n) is 6.86. The van der Waals surface area contributed by atoms with Crippen LogP contribution < -0.4 is 0 Å². The number of methoxy groups -OCH3 is 1. The van der Waals surface area contributed by atoms with Gasteiger partial charge in [-0.1, -0.05) is 19.1 Å². The van der Waals surface area contributed by atoms with Gasteiger partial charge in [0.1, 0.15) is 6.10 Å². The molecule has 0 saturated heterocycles. The number of aliphatic hydroxyl groups excluding tert-OH is 1. The first-order chi connectivity index (χ1) is 5.27. The molecule has 0 bridgehead atoms. The largest absolute Gasteiger partial charge is 0.393 e. The molecule has 1 aliphatic rings. The van der Waals surface area contributed by atoms with Crippen LogP contribution in [0.5, 0.6) is 0 Å². The minimum atomic E-state index is -0.211. The van der Waals surface area contributed by atoms with Crippen LogP contribution in [-0.2, 0) is 9.47 Å².